The van der Waals surface area contributed by atoms with E-state index >= 15 is 0 Å². The van der Waals surface area contributed by atoms with Crippen LogP contribution in [-0.2, 0) is 0 Å². The molecule has 0 bridgehead atoms. The fourth-order valence-electron chi connectivity index (χ4n) is 5.98. The number of fused-ring (bicyclic) bond motifs is 4. The number of rotatable bonds is 4. The van der Waals surface area contributed by atoms with Gasteiger partial charge in [0.25, 0.3) is 0 Å². The molecule has 0 amide bonds. The van der Waals surface area contributed by atoms with E-state index in [1.54, 1.807) is 13.8 Å². The Balaban J connectivity index is 1.73. The zero-order valence-electron chi connectivity index (χ0n) is 14.5. The van der Waals surface area contributed by atoms with E-state index in [-0.39, 0.29) is 11.5 Å². The van der Waals surface area contributed by atoms with Gasteiger partial charge in [0.2, 0.25) is 0 Å². The molecular weight excluding hydrogens is 272 g/mol. The van der Waals surface area contributed by atoms with Crippen LogP contribution >= 0.6 is 0 Å². The van der Waals surface area contributed by atoms with Gasteiger partial charge in [0.05, 0.1) is 11.7 Å². The average Bonchev–Trinajstić information content (AvgIpc) is 2.82. The first-order valence-corrected chi connectivity index (χ1v) is 8.92. The smallest absolute Gasteiger partial charge is 0.0771 e. The Morgan fingerprint density at radius 3 is 2.68 bits per heavy atom. The van der Waals surface area contributed by atoms with Gasteiger partial charge in [0.15, 0.2) is 0 Å². The first-order valence-electron chi connectivity index (χ1n) is 8.92. The lowest BCUT2D eigenvalue weighted by atomic mass is 9.46. The maximum absolute atomic E-state index is 10.7. The summed E-state index contributed by atoms with van der Waals surface area (Å²) in [6, 6.07) is 0. The Hall–Kier alpha value is -0.600. The van der Waals surface area contributed by atoms with Gasteiger partial charge < -0.3 is 10.2 Å². The number of aliphatic hydroxyl groups is 2. The van der Waals surface area contributed by atoms with E-state index in [4.69, 9.17) is 0 Å². The lowest BCUT2D eigenvalue weighted by Crippen LogP contribution is -2.57. The lowest BCUT2D eigenvalue weighted by molar-refractivity contribution is -0.142. The van der Waals surface area contributed by atoms with Crippen molar-refractivity contribution in [1.29, 1.82) is 0 Å². The quantitative estimate of drug-likeness (QED) is 0.772. The van der Waals surface area contributed by atoms with Gasteiger partial charge in [0.1, 0.15) is 0 Å². The summed E-state index contributed by atoms with van der Waals surface area (Å²) in [4.78, 5) is 0. The van der Waals surface area contributed by atoms with E-state index in [1.165, 1.54) is 18.4 Å². The van der Waals surface area contributed by atoms with Crippen LogP contribution in [0.4, 0.5) is 0 Å². The highest BCUT2D eigenvalue weighted by Gasteiger charge is 2.70. The summed E-state index contributed by atoms with van der Waals surface area (Å²) in [5.41, 5.74) is 0.611. The molecule has 0 aliphatic heterocycles. The van der Waals surface area contributed by atoms with Gasteiger partial charge in [-0.3, -0.25) is 0 Å². The number of allylic oxidation sites excluding steroid dienone is 2. The molecular formula is C20H32O2. The van der Waals surface area contributed by atoms with Crippen LogP contribution in [0.2, 0.25) is 0 Å². The summed E-state index contributed by atoms with van der Waals surface area (Å²) in [6.45, 7) is 12.6. The second-order valence-corrected chi connectivity index (χ2v) is 8.91. The number of aliphatic hydroxyl groups excluding tert-OH is 1. The molecule has 2 heteroatoms. The van der Waals surface area contributed by atoms with E-state index < -0.39 is 5.60 Å². The van der Waals surface area contributed by atoms with Crippen LogP contribution in [0.1, 0.15) is 53.4 Å². The van der Waals surface area contributed by atoms with Crippen molar-refractivity contribution in [3.05, 3.63) is 24.3 Å². The first-order chi connectivity index (χ1) is 10.2. The Morgan fingerprint density at radius 1 is 1.36 bits per heavy atom. The summed E-state index contributed by atoms with van der Waals surface area (Å²) in [6.07, 6.45) is 8.06. The molecule has 0 saturated heterocycles. The van der Waals surface area contributed by atoms with Crippen LogP contribution < -0.4 is 0 Å². The predicted octanol–water partition coefficient (Wildman–Crippen LogP) is 3.94. The van der Waals surface area contributed by atoms with E-state index in [9.17, 15) is 10.2 Å². The minimum atomic E-state index is -0.758. The third kappa shape index (κ3) is 2.30. The number of hydrogen-bond donors (Lipinski definition) is 2. The van der Waals surface area contributed by atoms with Gasteiger partial charge in [-0.2, -0.15) is 0 Å². The molecule has 2 N–H and O–H groups in total. The first kappa shape index (κ1) is 16.3. The van der Waals surface area contributed by atoms with E-state index in [0.717, 1.165) is 30.6 Å². The molecule has 0 aromatic rings. The minimum Gasteiger partial charge on any atom is -0.393 e. The Bertz CT molecular complexity index is 486. The van der Waals surface area contributed by atoms with Crippen molar-refractivity contribution in [3.63, 3.8) is 0 Å². The molecule has 3 aliphatic carbocycles. The van der Waals surface area contributed by atoms with Crippen molar-refractivity contribution >= 4 is 0 Å². The highest BCUT2D eigenvalue weighted by atomic mass is 16.3. The van der Waals surface area contributed by atoms with Crippen molar-refractivity contribution in [1.82, 2.24) is 0 Å². The molecule has 0 heterocycles. The van der Waals surface area contributed by atoms with Crippen LogP contribution in [0.15, 0.2) is 24.3 Å². The molecule has 22 heavy (non-hydrogen) atoms. The van der Waals surface area contributed by atoms with Gasteiger partial charge in [-0.1, -0.05) is 44.6 Å². The summed E-state index contributed by atoms with van der Waals surface area (Å²) in [5.74, 6) is 3.39. The molecule has 0 spiro atoms. The zero-order valence-corrected chi connectivity index (χ0v) is 14.5. The molecule has 0 radical (unpaired) electrons. The maximum Gasteiger partial charge on any atom is 0.0771 e. The van der Waals surface area contributed by atoms with E-state index in [1.807, 2.05) is 12.2 Å². The maximum atomic E-state index is 10.7. The highest BCUT2D eigenvalue weighted by Crippen LogP contribution is 2.73. The van der Waals surface area contributed by atoms with Crippen LogP contribution in [-0.4, -0.2) is 21.9 Å². The predicted molar refractivity (Wildman–Crippen MR) is 90.3 cm³/mol. The minimum absolute atomic E-state index is 0.128. The monoisotopic (exact) mass is 304 g/mol. The molecule has 3 aliphatic rings. The van der Waals surface area contributed by atoms with Gasteiger partial charge in [-0.05, 0) is 62.7 Å². The normalized spacial score (nSPS) is 47.4. The summed E-state index contributed by atoms with van der Waals surface area (Å²) in [5, 5.41) is 20.5. The van der Waals surface area contributed by atoms with Crippen LogP contribution in [0.5, 0.6) is 0 Å². The summed E-state index contributed by atoms with van der Waals surface area (Å²) in [7, 11) is 0. The van der Waals surface area contributed by atoms with Crippen LogP contribution in [0.25, 0.3) is 0 Å². The van der Waals surface area contributed by atoms with Crippen molar-refractivity contribution < 1.29 is 10.2 Å². The average molecular weight is 304 g/mol. The van der Waals surface area contributed by atoms with Gasteiger partial charge in [-0.15, -0.1) is 0 Å². The Labute approximate surface area is 135 Å². The second-order valence-electron chi connectivity index (χ2n) is 8.91. The van der Waals surface area contributed by atoms with E-state index in [0.29, 0.717) is 11.8 Å². The summed E-state index contributed by atoms with van der Waals surface area (Å²) < 4.78 is 0. The molecule has 4 unspecified atom stereocenters. The summed E-state index contributed by atoms with van der Waals surface area (Å²) >= 11 is 0. The molecule has 0 aromatic heterocycles. The molecule has 0 aromatic carbocycles. The SMILES string of the molecule is C=C(C/C=C/C(C)(C)O)C1CC(O)[C@]2(C)C3CC[C@@H](C)C3[C@H]12. The zero-order chi connectivity index (χ0) is 16.3. The Kier molecular flexibility index (Phi) is 3.85. The van der Waals surface area contributed by atoms with E-state index in [2.05, 4.69) is 20.4 Å². The van der Waals surface area contributed by atoms with Crippen molar-refractivity contribution in [2.75, 3.05) is 0 Å². The topological polar surface area (TPSA) is 40.5 Å². The van der Waals surface area contributed by atoms with Crippen molar-refractivity contribution in [3.8, 4) is 0 Å². The molecule has 3 fully saturated rings. The second kappa shape index (κ2) is 5.21. The van der Waals surface area contributed by atoms with Crippen molar-refractivity contribution in [2.24, 2.45) is 35.0 Å². The highest BCUT2D eigenvalue weighted by molar-refractivity contribution is 5.25. The van der Waals surface area contributed by atoms with Crippen LogP contribution in [0.3, 0.4) is 0 Å². The standard InChI is InChI=1S/C20H32O2/c1-12(7-6-10-19(3,4)22)14-11-16(21)20(5)15-9-8-13(2)17(15)18(14)20/h6,10,13-18,21-22H,1,7-9,11H2,2-5H3/b10-6+/t13-,14?,15?,16?,17?,18+,20+/m1/s1. The fourth-order valence-corrected chi connectivity index (χ4v) is 5.98. The molecule has 7 atom stereocenters. The van der Waals surface area contributed by atoms with Gasteiger partial charge in [-0.25, -0.2) is 0 Å². The molecule has 3 rings (SSSR count). The third-order valence-corrected chi connectivity index (χ3v) is 7.05. The third-order valence-electron chi connectivity index (χ3n) is 7.05. The number of hydrogen-bond acceptors (Lipinski definition) is 2. The Morgan fingerprint density at radius 2 is 2.05 bits per heavy atom. The molecule has 124 valence electrons. The molecule has 2 nitrogen and oxygen atoms in total. The van der Waals surface area contributed by atoms with Crippen molar-refractivity contribution in [2.45, 2.75) is 65.1 Å². The molecule has 3 saturated carbocycles. The van der Waals surface area contributed by atoms with Gasteiger partial charge in [0, 0.05) is 5.41 Å². The lowest BCUT2D eigenvalue weighted by Gasteiger charge is -2.58. The largest absolute Gasteiger partial charge is 0.393 e. The fraction of sp³-hybridized carbons (Fsp3) is 0.800. The van der Waals surface area contributed by atoms with Crippen LogP contribution in [0, 0.1) is 35.0 Å². The van der Waals surface area contributed by atoms with Gasteiger partial charge >= 0.3 is 0 Å².